The zero-order valence-electron chi connectivity index (χ0n) is 19.2. The molecule has 0 heterocycles. The van der Waals surface area contributed by atoms with Crippen LogP contribution in [0.25, 0.3) is 11.1 Å². The fourth-order valence-corrected chi connectivity index (χ4v) is 4.14. The molecule has 0 bridgehead atoms. The van der Waals surface area contributed by atoms with Crippen molar-refractivity contribution in [3.8, 4) is 11.1 Å². The summed E-state index contributed by atoms with van der Waals surface area (Å²) in [5.74, 6) is -2.50. The van der Waals surface area contributed by atoms with Gasteiger partial charge in [-0.2, -0.15) is 0 Å². The van der Waals surface area contributed by atoms with E-state index in [4.69, 9.17) is 9.84 Å². The van der Waals surface area contributed by atoms with Gasteiger partial charge in [-0.1, -0.05) is 48.5 Å². The molecule has 1 aliphatic carbocycles. The number of nitrogens with zero attached hydrogens (tertiary/aromatic N) is 1. The number of alkyl carbamates (subject to hydrolysis) is 1. The van der Waals surface area contributed by atoms with Crippen LogP contribution in [-0.4, -0.2) is 66.2 Å². The molecule has 0 fully saturated rings. The van der Waals surface area contributed by atoms with E-state index in [-0.39, 0.29) is 25.0 Å². The third-order valence-corrected chi connectivity index (χ3v) is 5.86. The molecule has 0 saturated carbocycles. The number of carbonyl (C=O) groups excluding carboxylic acids is 3. The van der Waals surface area contributed by atoms with E-state index in [2.05, 4.69) is 10.6 Å². The van der Waals surface area contributed by atoms with Crippen molar-refractivity contribution in [3.05, 3.63) is 59.7 Å². The van der Waals surface area contributed by atoms with Crippen LogP contribution in [-0.2, 0) is 19.1 Å². The Bertz CT molecular complexity index is 1020. The maximum absolute atomic E-state index is 12.5. The van der Waals surface area contributed by atoms with Gasteiger partial charge in [0.25, 0.3) is 0 Å². The third-order valence-electron chi connectivity index (χ3n) is 5.86. The van der Waals surface area contributed by atoms with Crippen LogP contribution in [0, 0.1) is 0 Å². The summed E-state index contributed by atoms with van der Waals surface area (Å²) in [4.78, 5) is 49.8. The highest BCUT2D eigenvalue weighted by molar-refractivity contribution is 5.92. The maximum Gasteiger partial charge on any atom is 0.407 e. The Hall–Kier alpha value is -3.88. The number of fused-ring (bicyclic) bond motifs is 3. The summed E-state index contributed by atoms with van der Waals surface area (Å²) >= 11 is 0. The summed E-state index contributed by atoms with van der Waals surface area (Å²) in [6, 6.07) is 14.4. The molecule has 0 spiro atoms. The van der Waals surface area contributed by atoms with Crippen molar-refractivity contribution in [1.29, 1.82) is 0 Å². The van der Waals surface area contributed by atoms with Crippen LogP contribution < -0.4 is 10.6 Å². The van der Waals surface area contributed by atoms with Gasteiger partial charge >= 0.3 is 12.1 Å². The first kappa shape index (κ1) is 24.8. The third kappa shape index (κ3) is 5.72. The van der Waals surface area contributed by atoms with Crippen LogP contribution in [0.4, 0.5) is 4.79 Å². The highest BCUT2D eigenvalue weighted by Gasteiger charge is 2.30. The first-order valence-electron chi connectivity index (χ1n) is 11.2. The lowest BCUT2D eigenvalue weighted by molar-refractivity contribution is -0.140. The van der Waals surface area contributed by atoms with Crippen LogP contribution in [0.2, 0.25) is 0 Å². The summed E-state index contributed by atoms with van der Waals surface area (Å²) in [6.07, 6.45) is -1.55. The van der Waals surface area contributed by atoms with Gasteiger partial charge in [0.05, 0.1) is 13.0 Å². The summed E-state index contributed by atoms with van der Waals surface area (Å²) in [5, 5.41) is 13.9. The standard InChI is InChI=1S/C25H29N3O6/c1-3-28(4-2)22(29)14-26-24(32)21(13-23(30)31)27-25(33)34-15-20-18-11-7-5-9-16(18)17-10-6-8-12-19(17)20/h5-12,20-21H,3-4,13-15H2,1-2H3,(H,26,32)(H,27,33)(H,30,31). The quantitative estimate of drug-likeness (QED) is 0.493. The number of ether oxygens (including phenoxy) is 1. The number of carboxylic acids is 1. The van der Waals surface area contributed by atoms with Crippen LogP contribution >= 0.6 is 0 Å². The number of nitrogens with one attached hydrogen (secondary N) is 2. The normalized spacial score (nSPS) is 12.8. The van der Waals surface area contributed by atoms with Crippen molar-refractivity contribution in [2.24, 2.45) is 0 Å². The monoisotopic (exact) mass is 467 g/mol. The molecule has 2 aromatic rings. The van der Waals surface area contributed by atoms with E-state index in [9.17, 15) is 19.2 Å². The van der Waals surface area contributed by atoms with Gasteiger partial charge in [0.2, 0.25) is 11.8 Å². The maximum atomic E-state index is 12.5. The van der Waals surface area contributed by atoms with Gasteiger partial charge in [-0.05, 0) is 36.1 Å². The Morgan fingerprint density at radius 2 is 1.53 bits per heavy atom. The lowest BCUT2D eigenvalue weighted by Crippen LogP contribution is -2.50. The molecule has 0 aromatic heterocycles. The van der Waals surface area contributed by atoms with E-state index in [1.54, 1.807) is 0 Å². The topological polar surface area (TPSA) is 125 Å². The lowest BCUT2D eigenvalue weighted by Gasteiger charge is -2.21. The second-order valence-electron chi connectivity index (χ2n) is 7.90. The van der Waals surface area contributed by atoms with Crippen LogP contribution in [0.1, 0.15) is 37.3 Å². The molecule has 0 radical (unpaired) electrons. The molecule has 2 aromatic carbocycles. The first-order chi connectivity index (χ1) is 16.3. The molecule has 0 aliphatic heterocycles. The number of aliphatic carboxylic acids is 1. The number of hydrogen-bond acceptors (Lipinski definition) is 5. The molecule has 180 valence electrons. The van der Waals surface area contributed by atoms with Crippen LogP contribution in [0.5, 0.6) is 0 Å². The SMILES string of the molecule is CCN(CC)C(=O)CNC(=O)C(CC(=O)O)NC(=O)OCC1c2ccccc2-c2ccccc21. The van der Waals surface area contributed by atoms with Gasteiger partial charge in [0.1, 0.15) is 12.6 Å². The zero-order valence-corrected chi connectivity index (χ0v) is 19.2. The number of hydrogen-bond donors (Lipinski definition) is 3. The second-order valence-corrected chi connectivity index (χ2v) is 7.90. The molecule has 9 nitrogen and oxygen atoms in total. The molecule has 9 heteroatoms. The molecule has 1 atom stereocenters. The molecular formula is C25H29N3O6. The van der Waals surface area contributed by atoms with Crippen molar-refractivity contribution in [2.75, 3.05) is 26.2 Å². The van der Waals surface area contributed by atoms with Crippen molar-refractivity contribution in [1.82, 2.24) is 15.5 Å². The van der Waals surface area contributed by atoms with Crippen molar-refractivity contribution in [3.63, 3.8) is 0 Å². The molecular weight excluding hydrogens is 438 g/mol. The molecule has 3 rings (SSSR count). The van der Waals surface area contributed by atoms with Gasteiger partial charge in [-0.25, -0.2) is 4.79 Å². The Labute approximate surface area is 198 Å². The summed E-state index contributed by atoms with van der Waals surface area (Å²) in [7, 11) is 0. The minimum Gasteiger partial charge on any atom is -0.481 e. The van der Waals surface area contributed by atoms with Crippen molar-refractivity contribution < 1.29 is 29.0 Å². The first-order valence-corrected chi connectivity index (χ1v) is 11.2. The Balaban J connectivity index is 1.61. The number of benzene rings is 2. The smallest absolute Gasteiger partial charge is 0.407 e. The van der Waals surface area contributed by atoms with Gasteiger partial charge in [0.15, 0.2) is 0 Å². The average Bonchev–Trinajstić information content (AvgIpc) is 3.15. The second kappa shape index (κ2) is 11.3. The summed E-state index contributed by atoms with van der Waals surface area (Å²) in [5.41, 5.74) is 4.22. The van der Waals surface area contributed by atoms with E-state index in [0.29, 0.717) is 13.1 Å². The fourth-order valence-electron chi connectivity index (χ4n) is 4.14. The highest BCUT2D eigenvalue weighted by Crippen LogP contribution is 2.44. The predicted molar refractivity (Wildman–Crippen MR) is 125 cm³/mol. The Kier molecular flexibility index (Phi) is 8.24. The minimum absolute atomic E-state index is 0.0295. The number of rotatable bonds is 10. The average molecular weight is 468 g/mol. The summed E-state index contributed by atoms with van der Waals surface area (Å²) in [6.45, 7) is 4.35. The van der Waals surface area contributed by atoms with Gasteiger partial charge < -0.3 is 25.4 Å². The van der Waals surface area contributed by atoms with E-state index >= 15 is 0 Å². The molecule has 3 amide bonds. The number of likely N-dealkylation sites (N-methyl/N-ethyl adjacent to an activating group) is 1. The Morgan fingerprint density at radius 1 is 0.971 bits per heavy atom. The van der Waals surface area contributed by atoms with Crippen LogP contribution in [0.15, 0.2) is 48.5 Å². The van der Waals surface area contributed by atoms with E-state index < -0.39 is 30.4 Å². The molecule has 0 saturated heterocycles. The number of carboxylic acid groups (broad SMARTS) is 1. The van der Waals surface area contributed by atoms with E-state index in [1.165, 1.54) is 4.90 Å². The number of carbonyl (C=O) groups is 4. The Morgan fingerprint density at radius 3 is 2.06 bits per heavy atom. The van der Waals surface area contributed by atoms with Crippen molar-refractivity contribution >= 4 is 23.9 Å². The van der Waals surface area contributed by atoms with Gasteiger partial charge in [-0.3, -0.25) is 14.4 Å². The van der Waals surface area contributed by atoms with E-state index in [1.807, 2.05) is 62.4 Å². The number of amides is 3. The zero-order chi connectivity index (χ0) is 24.7. The molecule has 34 heavy (non-hydrogen) atoms. The summed E-state index contributed by atoms with van der Waals surface area (Å²) < 4.78 is 5.40. The largest absolute Gasteiger partial charge is 0.481 e. The van der Waals surface area contributed by atoms with Crippen molar-refractivity contribution in [2.45, 2.75) is 32.2 Å². The van der Waals surface area contributed by atoms with E-state index in [0.717, 1.165) is 22.3 Å². The predicted octanol–water partition coefficient (Wildman–Crippen LogP) is 2.35. The molecule has 3 N–H and O–H groups in total. The van der Waals surface area contributed by atoms with Crippen LogP contribution in [0.3, 0.4) is 0 Å². The fraction of sp³-hybridized carbons (Fsp3) is 0.360. The highest BCUT2D eigenvalue weighted by atomic mass is 16.5. The molecule has 1 aliphatic rings. The lowest BCUT2D eigenvalue weighted by atomic mass is 9.98. The molecule has 1 unspecified atom stereocenters. The minimum atomic E-state index is -1.38. The van der Waals surface area contributed by atoms with Gasteiger partial charge in [-0.15, -0.1) is 0 Å². The van der Waals surface area contributed by atoms with Gasteiger partial charge in [0, 0.05) is 19.0 Å².